The number of pyridine rings is 3. The number of fused-ring (bicyclic) bond motifs is 2. The molecule has 0 saturated carbocycles. The molecular formula is C24H23FN6O4. The fourth-order valence-electron chi connectivity index (χ4n) is 3.91. The van der Waals surface area contributed by atoms with Crippen LogP contribution in [0.25, 0.3) is 27.9 Å². The van der Waals surface area contributed by atoms with Gasteiger partial charge in [-0.05, 0) is 37.6 Å². The summed E-state index contributed by atoms with van der Waals surface area (Å²) in [4.78, 5) is 17.8. The quantitative estimate of drug-likeness (QED) is 0.313. The molecule has 0 aromatic carbocycles. The van der Waals surface area contributed by atoms with Crippen LogP contribution >= 0.6 is 0 Å². The second kappa shape index (κ2) is 9.35. The zero-order chi connectivity index (χ0) is 24.5. The topological polar surface area (TPSA) is 110 Å². The van der Waals surface area contributed by atoms with Gasteiger partial charge in [0.25, 0.3) is 5.56 Å². The zero-order valence-electron chi connectivity index (χ0n) is 19.4. The first-order chi connectivity index (χ1) is 17.0. The molecule has 11 heteroatoms. The number of halogens is 1. The van der Waals surface area contributed by atoms with E-state index in [4.69, 9.17) is 14.0 Å². The minimum absolute atomic E-state index is 0.0536. The first kappa shape index (κ1) is 22.8. The van der Waals surface area contributed by atoms with E-state index < -0.39 is 11.9 Å². The van der Waals surface area contributed by atoms with Crippen LogP contribution in [0.15, 0.2) is 52.2 Å². The molecule has 1 atom stereocenters. The number of rotatable bonds is 8. The number of hydrogen-bond acceptors (Lipinski definition) is 8. The standard InChI is InChI=1S/C24H23FN6O4/c1-14-8-21(35-29-14)17-10-19(25)23-28-27-22(31(23)12-17)15(2)30-5-4-20-18(24(30)32)9-16(11-26-20)13-34-7-6-33-3/h4-5,8-12,15H,6-7,13H2,1-3H3/t15-/m0/s1. The summed E-state index contributed by atoms with van der Waals surface area (Å²) in [6, 6.07) is 6.02. The van der Waals surface area contributed by atoms with E-state index >= 15 is 0 Å². The van der Waals surface area contributed by atoms with Crippen LogP contribution in [0.1, 0.15) is 30.0 Å². The molecule has 0 radical (unpaired) electrons. The van der Waals surface area contributed by atoms with Gasteiger partial charge in [0.15, 0.2) is 23.0 Å². The van der Waals surface area contributed by atoms with Crippen molar-refractivity contribution in [3.8, 4) is 11.3 Å². The molecule has 180 valence electrons. The zero-order valence-corrected chi connectivity index (χ0v) is 19.4. The van der Waals surface area contributed by atoms with E-state index in [1.165, 1.54) is 15.0 Å². The van der Waals surface area contributed by atoms with Gasteiger partial charge in [0, 0.05) is 37.3 Å². The number of nitrogens with zero attached hydrogens (tertiary/aromatic N) is 6. The third kappa shape index (κ3) is 4.31. The molecular weight excluding hydrogens is 455 g/mol. The van der Waals surface area contributed by atoms with E-state index in [1.807, 2.05) is 0 Å². The molecule has 0 N–H and O–H groups in total. The predicted molar refractivity (Wildman–Crippen MR) is 125 cm³/mol. The Labute approximate surface area is 198 Å². The number of aryl methyl sites for hydroxylation is 1. The summed E-state index contributed by atoms with van der Waals surface area (Å²) < 4.78 is 33.7. The normalized spacial score (nSPS) is 12.6. The lowest BCUT2D eigenvalue weighted by molar-refractivity contribution is 0.0616. The van der Waals surface area contributed by atoms with Gasteiger partial charge in [0.05, 0.1) is 42.5 Å². The third-order valence-electron chi connectivity index (χ3n) is 5.72. The molecule has 0 bridgehead atoms. The second-order valence-electron chi connectivity index (χ2n) is 8.19. The highest BCUT2D eigenvalue weighted by atomic mass is 19.1. The minimum atomic E-state index is -0.560. The Morgan fingerprint density at radius 3 is 2.83 bits per heavy atom. The van der Waals surface area contributed by atoms with E-state index in [2.05, 4.69) is 20.3 Å². The SMILES string of the molecule is COCCOCc1cnc2ccn([C@@H](C)c3nnc4c(F)cc(-c5cc(C)no5)cn34)c(=O)c2c1. The van der Waals surface area contributed by atoms with Crippen LogP contribution in [0.2, 0.25) is 0 Å². The molecule has 0 fully saturated rings. The van der Waals surface area contributed by atoms with Crippen LogP contribution in [0.3, 0.4) is 0 Å². The van der Waals surface area contributed by atoms with Crippen molar-refractivity contribution in [3.63, 3.8) is 0 Å². The molecule has 5 aromatic rings. The highest BCUT2D eigenvalue weighted by Gasteiger charge is 2.21. The molecule has 0 amide bonds. The van der Waals surface area contributed by atoms with Crippen molar-refractivity contribution in [2.45, 2.75) is 26.5 Å². The largest absolute Gasteiger partial charge is 0.382 e. The van der Waals surface area contributed by atoms with Gasteiger partial charge in [0.2, 0.25) is 0 Å². The van der Waals surface area contributed by atoms with Crippen LogP contribution in [0, 0.1) is 12.7 Å². The van der Waals surface area contributed by atoms with Gasteiger partial charge < -0.3 is 18.6 Å². The first-order valence-electron chi connectivity index (χ1n) is 11.0. The van der Waals surface area contributed by atoms with Gasteiger partial charge in [-0.25, -0.2) is 4.39 Å². The number of ether oxygens (including phenoxy) is 2. The second-order valence-corrected chi connectivity index (χ2v) is 8.19. The first-order valence-corrected chi connectivity index (χ1v) is 11.0. The maximum atomic E-state index is 14.8. The van der Waals surface area contributed by atoms with Crippen molar-refractivity contribution < 1.29 is 18.4 Å². The van der Waals surface area contributed by atoms with Crippen molar-refractivity contribution in [3.05, 3.63) is 76.1 Å². The number of hydrogen-bond donors (Lipinski definition) is 0. The van der Waals surface area contributed by atoms with Crippen molar-refractivity contribution in [1.29, 1.82) is 0 Å². The molecule has 0 unspecified atom stereocenters. The van der Waals surface area contributed by atoms with Gasteiger partial charge in [-0.1, -0.05) is 5.16 Å². The Bertz CT molecular complexity index is 1570. The summed E-state index contributed by atoms with van der Waals surface area (Å²) in [6.07, 6.45) is 5.01. The van der Waals surface area contributed by atoms with Gasteiger partial charge in [0.1, 0.15) is 0 Å². The van der Waals surface area contributed by atoms with E-state index in [0.29, 0.717) is 53.6 Å². The Kier molecular flexibility index (Phi) is 6.10. The molecule has 0 saturated heterocycles. The van der Waals surface area contributed by atoms with E-state index in [0.717, 1.165) is 5.56 Å². The third-order valence-corrected chi connectivity index (χ3v) is 5.72. The predicted octanol–water partition coefficient (Wildman–Crippen LogP) is 3.31. The maximum Gasteiger partial charge on any atom is 0.260 e. The maximum absolute atomic E-state index is 14.8. The average molecular weight is 478 g/mol. The van der Waals surface area contributed by atoms with Crippen molar-refractivity contribution in [2.24, 2.45) is 0 Å². The van der Waals surface area contributed by atoms with Crippen LogP contribution in [0.4, 0.5) is 4.39 Å². The van der Waals surface area contributed by atoms with Crippen LogP contribution < -0.4 is 5.56 Å². The summed E-state index contributed by atoms with van der Waals surface area (Å²) in [7, 11) is 1.60. The molecule has 0 aliphatic carbocycles. The average Bonchev–Trinajstić information content (AvgIpc) is 3.48. The lowest BCUT2D eigenvalue weighted by Crippen LogP contribution is -2.25. The van der Waals surface area contributed by atoms with E-state index in [9.17, 15) is 9.18 Å². The summed E-state index contributed by atoms with van der Waals surface area (Å²) in [6.45, 7) is 4.82. The van der Waals surface area contributed by atoms with Gasteiger partial charge in [-0.15, -0.1) is 10.2 Å². The fourth-order valence-corrected chi connectivity index (χ4v) is 3.91. The Morgan fingerprint density at radius 2 is 2.06 bits per heavy atom. The highest BCUT2D eigenvalue weighted by molar-refractivity contribution is 5.77. The molecule has 35 heavy (non-hydrogen) atoms. The molecule has 0 aliphatic heterocycles. The molecule has 5 aromatic heterocycles. The van der Waals surface area contributed by atoms with Crippen molar-refractivity contribution >= 4 is 16.6 Å². The Hall–Kier alpha value is -3.96. The van der Waals surface area contributed by atoms with Crippen LogP contribution in [-0.4, -0.2) is 49.6 Å². The monoisotopic (exact) mass is 478 g/mol. The minimum Gasteiger partial charge on any atom is -0.382 e. The lowest BCUT2D eigenvalue weighted by Gasteiger charge is -2.15. The Balaban J connectivity index is 1.53. The Morgan fingerprint density at radius 1 is 1.20 bits per heavy atom. The number of aromatic nitrogens is 6. The molecule has 0 aliphatic rings. The summed E-state index contributed by atoms with van der Waals surface area (Å²) in [5.41, 5.74) is 2.31. The lowest BCUT2D eigenvalue weighted by atomic mass is 10.2. The van der Waals surface area contributed by atoms with Crippen molar-refractivity contribution in [1.82, 2.24) is 29.3 Å². The van der Waals surface area contributed by atoms with E-state index in [-0.39, 0.29) is 11.2 Å². The van der Waals surface area contributed by atoms with E-state index in [1.54, 1.807) is 57.7 Å². The van der Waals surface area contributed by atoms with Gasteiger partial charge in [-0.3, -0.25) is 14.2 Å². The highest BCUT2D eigenvalue weighted by Crippen LogP contribution is 2.25. The van der Waals surface area contributed by atoms with Crippen molar-refractivity contribution in [2.75, 3.05) is 20.3 Å². The van der Waals surface area contributed by atoms with Crippen LogP contribution in [0.5, 0.6) is 0 Å². The molecule has 5 rings (SSSR count). The summed E-state index contributed by atoms with van der Waals surface area (Å²) in [5, 5.41) is 12.5. The van der Waals surface area contributed by atoms with Crippen LogP contribution in [-0.2, 0) is 16.1 Å². The molecule has 5 heterocycles. The summed E-state index contributed by atoms with van der Waals surface area (Å²) in [5.74, 6) is 0.255. The van der Waals surface area contributed by atoms with Gasteiger partial charge in [-0.2, -0.15) is 0 Å². The summed E-state index contributed by atoms with van der Waals surface area (Å²) >= 11 is 0. The smallest absolute Gasteiger partial charge is 0.260 e. The fraction of sp³-hybridized carbons (Fsp3) is 0.292. The molecule has 0 spiro atoms. The van der Waals surface area contributed by atoms with Gasteiger partial charge >= 0.3 is 0 Å². The number of methoxy groups -OCH3 is 1. The molecule has 10 nitrogen and oxygen atoms in total.